The second-order valence-electron chi connectivity index (χ2n) is 10.1. The van der Waals surface area contributed by atoms with Gasteiger partial charge in [-0.25, -0.2) is 9.59 Å². The van der Waals surface area contributed by atoms with E-state index in [1.807, 2.05) is 41.5 Å². The van der Waals surface area contributed by atoms with E-state index in [4.69, 9.17) is 25.1 Å². The van der Waals surface area contributed by atoms with Crippen molar-refractivity contribution in [2.45, 2.75) is 79.6 Å². The molecule has 0 radical (unpaired) electrons. The molecule has 3 aliphatic heterocycles. The summed E-state index contributed by atoms with van der Waals surface area (Å²) in [7, 11) is 0. The minimum Gasteiger partial charge on any atom is -0.444 e. The van der Waals surface area contributed by atoms with Crippen molar-refractivity contribution < 1.29 is 34.6 Å². The molecule has 3 heterocycles. The molecule has 3 aliphatic rings. The highest BCUT2D eigenvalue weighted by molar-refractivity contribution is 5.69. The standard InChI is InChI=1S/C11H19NO4.C11H19NO3.C2H6.CH4/c1-10(2,3)16-9(13)12-4-5-14-7-11(6-12)8-15-11;1-9-7-12(5-6-14-8-9)10(13)15-11(2,3)4;1-2;/h4-8H2,1-3H3;1,5-8H2,2-4H3;1-2H3;1H4/i;;1D;. The number of amides is 2. The second-order valence-corrected chi connectivity index (χ2v) is 10.1. The number of ether oxygens (including phenoxy) is 5. The van der Waals surface area contributed by atoms with Gasteiger partial charge in [-0.3, -0.25) is 0 Å². The van der Waals surface area contributed by atoms with Crippen molar-refractivity contribution in [1.29, 1.82) is 0 Å². The summed E-state index contributed by atoms with van der Waals surface area (Å²) in [6.07, 6.45) is -0.581. The first-order valence-electron chi connectivity index (χ1n) is 12.1. The second kappa shape index (κ2) is 13.9. The predicted octanol–water partition coefficient (Wildman–Crippen LogP) is 4.49. The van der Waals surface area contributed by atoms with Crippen LogP contribution >= 0.6 is 0 Å². The zero-order chi connectivity index (χ0) is 26.0. The van der Waals surface area contributed by atoms with E-state index in [-0.39, 0.29) is 25.2 Å². The summed E-state index contributed by atoms with van der Waals surface area (Å²) in [4.78, 5) is 26.9. The van der Waals surface area contributed by atoms with Crippen LogP contribution in [0.5, 0.6) is 0 Å². The van der Waals surface area contributed by atoms with Crippen molar-refractivity contribution in [3.8, 4) is 0 Å². The van der Waals surface area contributed by atoms with Gasteiger partial charge in [0.2, 0.25) is 0 Å². The maximum atomic E-state index is 11.9. The lowest BCUT2D eigenvalue weighted by molar-refractivity contribution is 0.0221. The summed E-state index contributed by atoms with van der Waals surface area (Å²) >= 11 is 0. The van der Waals surface area contributed by atoms with Gasteiger partial charge in [-0.15, -0.1) is 0 Å². The van der Waals surface area contributed by atoms with Gasteiger partial charge in [-0.05, 0) is 47.1 Å². The third-order valence-electron chi connectivity index (χ3n) is 4.43. The molecule has 0 N–H and O–H groups in total. The fourth-order valence-corrected chi connectivity index (χ4v) is 2.93. The zero-order valence-electron chi connectivity index (χ0n) is 22.5. The van der Waals surface area contributed by atoms with Gasteiger partial charge >= 0.3 is 12.2 Å². The molecule has 1 spiro atoms. The molecule has 0 aromatic heterocycles. The number of carbonyl (C=O) groups excluding carboxylic acids is 2. The third kappa shape index (κ3) is 12.6. The molecule has 34 heavy (non-hydrogen) atoms. The van der Waals surface area contributed by atoms with Crippen molar-refractivity contribution in [3.63, 3.8) is 0 Å². The van der Waals surface area contributed by atoms with Gasteiger partial charge in [0.1, 0.15) is 16.8 Å². The summed E-state index contributed by atoms with van der Waals surface area (Å²) in [5.41, 5.74) is -0.265. The maximum absolute atomic E-state index is 11.9. The molecule has 0 aromatic rings. The van der Waals surface area contributed by atoms with Gasteiger partial charge in [0.15, 0.2) is 0 Å². The predicted molar refractivity (Wildman–Crippen MR) is 133 cm³/mol. The molecule has 200 valence electrons. The quantitative estimate of drug-likeness (QED) is 0.366. The molecule has 3 rings (SSSR count). The first kappa shape index (κ1) is 30.2. The molecule has 0 bridgehead atoms. The minimum atomic E-state index is -0.457. The van der Waals surface area contributed by atoms with Crippen LogP contribution in [0.25, 0.3) is 0 Å². The molecule has 3 saturated heterocycles. The van der Waals surface area contributed by atoms with Crippen LogP contribution in [0.1, 0.15) is 64.2 Å². The highest BCUT2D eigenvalue weighted by Gasteiger charge is 2.49. The van der Waals surface area contributed by atoms with E-state index in [2.05, 4.69) is 6.58 Å². The van der Waals surface area contributed by atoms with Crippen LogP contribution in [0.4, 0.5) is 9.59 Å². The molecular weight excluding hydrogens is 440 g/mol. The molecule has 1 unspecified atom stereocenters. The Balaban J connectivity index is 0.000000580. The van der Waals surface area contributed by atoms with Crippen molar-refractivity contribution in [3.05, 3.63) is 12.2 Å². The summed E-state index contributed by atoms with van der Waals surface area (Å²) in [5.74, 6) is 0. The van der Waals surface area contributed by atoms with Gasteiger partial charge in [-0.2, -0.15) is 0 Å². The monoisotopic (exact) mass is 489 g/mol. The molecule has 2 amide bonds. The molecule has 9 nitrogen and oxygen atoms in total. The maximum Gasteiger partial charge on any atom is 0.410 e. The van der Waals surface area contributed by atoms with E-state index in [1.54, 1.807) is 16.7 Å². The number of epoxide rings is 1. The van der Waals surface area contributed by atoms with Crippen LogP contribution < -0.4 is 0 Å². The van der Waals surface area contributed by atoms with Crippen molar-refractivity contribution in [2.75, 3.05) is 59.2 Å². The summed E-state index contributed by atoms with van der Waals surface area (Å²) < 4.78 is 32.8. The van der Waals surface area contributed by atoms with Crippen molar-refractivity contribution in [2.24, 2.45) is 0 Å². The van der Waals surface area contributed by atoms with Gasteiger partial charge in [0, 0.05) is 21.0 Å². The third-order valence-corrected chi connectivity index (χ3v) is 4.43. The van der Waals surface area contributed by atoms with Crippen molar-refractivity contribution in [1.82, 2.24) is 9.80 Å². The fourth-order valence-electron chi connectivity index (χ4n) is 2.93. The Morgan fingerprint density at radius 3 is 1.94 bits per heavy atom. The van der Waals surface area contributed by atoms with Crippen LogP contribution in [0.2, 0.25) is 0 Å². The van der Waals surface area contributed by atoms with E-state index < -0.39 is 11.2 Å². The summed E-state index contributed by atoms with van der Waals surface area (Å²) in [5, 5.41) is 0. The Bertz CT molecular complexity index is 670. The summed E-state index contributed by atoms with van der Waals surface area (Å²) in [6.45, 7) is 22.4. The fraction of sp³-hybridized carbons (Fsp3) is 0.840. The number of nitrogens with zero attached hydrogens (tertiary/aromatic N) is 2. The lowest BCUT2D eigenvalue weighted by Gasteiger charge is -2.26. The minimum absolute atomic E-state index is 0. The number of rotatable bonds is 0. The zero-order valence-corrected chi connectivity index (χ0v) is 21.5. The summed E-state index contributed by atoms with van der Waals surface area (Å²) in [6, 6.07) is 0. The Morgan fingerprint density at radius 1 is 0.971 bits per heavy atom. The SMILES string of the molecule is C.C=C1COCCN(C(=O)OC(C)(C)C)C1.CC(C)(C)OC(=O)N1CCOCC2(CO2)C1.[2H]CC. The normalized spacial score (nSPS) is 22.9. The van der Waals surface area contributed by atoms with Crippen LogP contribution in [0, 0.1) is 0 Å². The molecule has 0 aromatic carbocycles. The lowest BCUT2D eigenvalue weighted by Crippen LogP contribution is -2.42. The van der Waals surface area contributed by atoms with Crippen LogP contribution in [-0.2, 0) is 23.7 Å². The number of hydrogen-bond donors (Lipinski definition) is 0. The van der Waals surface area contributed by atoms with Crippen LogP contribution in [0.15, 0.2) is 12.2 Å². The van der Waals surface area contributed by atoms with E-state index >= 15 is 0 Å². The van der Waals surface area contributed by atoms with E-state index in [9.17, 15) is 9.59 Å². The Labute approximate surface area is 208 Å². The average molecular weight is 490 g/mol. The number of hydrogen-bond acceptors (Lipinski definition) is 7. The lowest BCUT2D eigenvalue weighted by atomic mass is 10.2. The largest absolute Gasteiger partial charge is 0.444 e. The van der Waals surface area contributed by atoms with E-state index in [0.29, 0.717) is 66.1 Å². The van der Waals surface area contributed by atoms with Crippen molar-refractivity contribution >= 4 is 12.2 Å². The van der Waals surface area contributed by atoms with Crippen LogP contribution in [-0.4, -0.2) is 98.0 Å². The Hall–Kier alpha value is -1.84. The molecule has 1 atom stereocenters. The first-order chi connectivity index (χ1) is 15.7. The van der Waals surface area contributed by atoms with Gasteiger partial charge < -0.3 is 33.5 Å². The van der Waals surface area contributed by atoms with Gasteiger partial charge in [-0.1, -0.05) is 27.8 Å². The van der Waals surface area contributed by atoms with E-state index in [0.717, 1.165) is 5.57 Å². The molecule has 9 heteroatoms. The molecule has 0 aliphatic carbocycles. The topological polar surface area (TPSA) is 90.1 Å². The van der Waals surface area contributed by atoms with E-state index in [1.165, 1.54) is 0 Å². The Morgan fingerprint density at radius 2 is 1.44 bits per heavy atom. The molecule has 3 fully saturated rings. The smallest absolute Gasteiger partial charge is 0.410 e. The highest BCUT2D eigenvalue weighted by Crippen LogP contribution is 2.30. The highest BCUT2D eigenvalue weighted by atomic mass is 16.6. The van der Waals surface area contributed by atoms with Gasteiger partial charge in [0.25, 0.3) is 0 Å². The Kier molecular flexibility index (Phi) is 12.3. The molecular formula is C25H48N2O7. The number of carbonyl (C=O) groups is 2. The molecule has 0 saturated carbocycles. The van der Waals surface area contributed by atoms with Crippen LogP contribution in [0.3, 0.4) is 0 Å². The van der Waals surface area contributed by atoms with Gasteiger partial charge in [0.05, 0.1) is 39.6 Å². The average Bonchev–Trinajstić information content (AvgIpc) is 3.50. The first-order valence-corrected chi connectivity index (χ1v) is 11.4.